The Bertz CT molecular complexity index is 298. The summed E-state index contributed by atoms with van der Waals surface area (Å²) in [5.74, 6) is 0.261. The lowest BCUT2D eigenvalue weighted by Gasteiger charge is -2.39. The van der Waals surface area contributed by atoms with E-state index in [1.54, 1.807) is 0 Å². The molecule has 2 aliphatic rings. The highest BCUT2D eigenvalue weighted by Crippen LogP contribution is 2.26. The van der Waals surface area contributed by atoms with Crippen molar-refractivity contribution in [3.05, 3.63) is 0 Å². The number of morpholine rings is 1. The van der Waals surface area contributed by atoms with Gasteiger partial charge in [-0.05, 0) is 26.2 Å². The molecule has 2 fully saturated rings. The summed E-state index contributed by atoms with van der Waals surface area (Å²) in [6, 6.07) is 0.166. The first kappa shape index (κ1) is 13.8. The number of carbonyl (C=O) groups is 1. The first-order valence-electron chi connectivity index (χ1n) is 6.90. The van der Waals surface area contributed by atoms with Gasteiger partial charge >= 0.3 is 0 Å². The Hall–Kier alpha value is -0.650. The van der Waals surface area contributed by atoms with Gasteiger partial charge in [0.2, 0.25) is 5.91 Å². The summed E-state index contributed by atoms with van der Waals surface area (Å²) >= 11 is 0. The molecule has 1 heterocycles. The molecule has 1 aliphatic heterocycles. The van der Waals surface area contributed by atoms with Crippen molar-refractivity contribution in [3.8, 4) is 0 Å². The fourth-order valence-corrected chi connectivity index (χ4v) is 3.04. The lowest BCUT2D eigenvalue weighted by molar-refractivity contribution is -0.152. The van der Waals surface area contributed by atoms with Gasteiger partial charge in [-0.3, -0.25) is 4.79 Å². The summed E-state index contributed by atoms with van der Waals surface area (Å²) in [6.45, 7) is 3.04. The van der Waals surface area contributed by atoms with E-state index in [1.165, 1.54) is 0 Å². The standard InChI is InChI=1S/C13H24N2O3/c1-9-6-15(7-12(8-16)18-9)13(17)10-3-2-4-11(14)5-10/h9-12,16H,2-8,14H2,1H3. The van der Waals surface area contributed by atoms with Crippen molar-refractivity contribution in [2.24, 2.45) is 11.7 Å². The Morgan fingerprint density at radius 1 is 1.44 bits per heavy atom. The van der Waals surface area contributed by atoms with Crippen LogP contribution in [-0.4, -0.2) is 53.9 Å². The van der Waals surface area contributed by atoms with E-state index >= 15 is 0 Å². The van der Waals surface area contributed by atoms with Gasteiger partial charge in [-0.2, -0.15) is 0 Å². The van der Waals surface area contributed by atoms with Gasteiger partial charge in [0.1, 0.15) is 0 Å². The zero-order chi connectivity index (χ0) is 13.1. The van der Waals surface area contributed by atoms with Gasteiger partial charge in [0.25, 0.3) is 0 Å². The normalized spacial score (nSPS) is 37.6. The highest BCUT2D eigenvalue weighted by atomic mass is 16.5. The Morgan fingerprint density at radius 3 is 2.89 bits per heavy atom. The molecule has 0 aromatic heterocycles. The van der Waals surface area contributed by atoms with Crippen LogP contribution in [0.3, 0.4) is 0 Å². The highest BCUT2D eigenvalue weighted by molar-refractivity contribution is 5.79. The van der Waals surface area contributed by atoms with Crippen molar-refractivity contribution in [2.75, 3.05) is 19.7 Å². The average Bonchev–Trinajstić information content (AvgIpc) is 2.37. The number of carbonyl (C=O) groups excluding carboxylic acids is 1. The number of aliphatic hydroxyl groups excluding tert-OH is 1. The largest absolute Gasteiger partial charge is 0.394 e. The third kappa shape index (κ3) is 3.22. The van der Waals surface area contributed by atoms with Crippen LogP contribution >= 0.6 is 0 Å². The second-order valence-electron chi connectivity index (χ2n) is 5.62. The van der Waals surface area contributed by atoms with Gasteiger partial charge in [-0.15, -0.1) is 0 Å². The third-order valence-electron chi connectivity index (χ3n) is 3.91. The Labute approximate surface area is 108 Å². The van der Waals surface area contributed by atoms with Crippen LogP contribution in [0.5, 0.6) is 0 Å². The number of amides is 1. The Kier molecular flexibility index (Phi) is 4.59. The molecule has 2 rings (SSSR count). The lowest BCUT2D eigenvalue weighted by Crippen LogP contribution is -2.52. The minimum absolute atomic E-state index is 0.00267. The summed E-state index contributed by atoms with van der Waals surface area (Å²) in [5.41, 5.74) is 5.94. The molecule has 1 amide bonds. The first-order valence-corrected chi connectivity index (χ1v) is 6.90. The summed E-state index contributed by atoms with van der Waals surface area (Å²) in [7, 11) is 0. The molecule has 104 valence electrons. The van der Waals surface area contributed by atoms with Gasteiger partial charge in [-0.1, -0.05) is 6.42 Å². The molecular weight excluding hydrogens is 232 g/mol. The van der Waals surface area contributed by atoms with Crippen LogP contribution in [0.2, 0.25) is 0 Å². The molecule has 0 aromatic carbocycles. The minimum Gasteiger partial charge on any atom is -0.394 e. The quantitative estimate of drug-likeness (QED) is 0.735. The van der Waals surface area contributed by atoms with Gasteiger partial charge in [0, 0.05) is 25.0 Å². The van der Waals surface area contributed by atoms with E-state index < -0.39 is 0 Å². The smallest absolute Gasteiger partial charge is 0.225 e. The number of hydrogen-bond donors (Lipinski definition) is 2. The number of rotatable bonds is 2. The maximum Gasteiger partial charge on any atom is 0.225 e. The molecule has 18 heavy (non-hydrogen) atoms. The maximum absolute atomic E-state index is 12.4. The molecule has 1 saturated heterocycles. The molecule has 0 radical (unpaired) electrons. The topological polar surface area (TPSA) is 75.8 Å². The predicted molar refractivity (Wildman–Crippen MR) is 67.9 cm³/mol. The predicted octanol–water partition coefficient (Wildman–Crippen LogP) is 0.112. The van der Waals surface area contributed by atoms with E-state index in [1.807, 2.05) is 11.8 Å². The number of nitrogens with two attached hydrogens (primary N) is 1. The molecule has 1 aliphatic carbocycles. The maximum atomic E-state index is 12.4. The summed E-state index contributed by atoms with van der Waals surface area (Å²) in [6.07, 6.45) is 3.58. The summed E-state index contributed by atoms with van der Waals surface area (Å²) < 4.78 is 5.56. The zero-order valence-electron chi connectivity index (χ0n) is 11.0. The summed E-state index contributed by atoms with van der Waals surface area (Å²) in [4.78, 5) is 14.3. The summed E-state index contributed by atoms with van der Waals surface area (Å²) in [5, 5.41) is 9.18. The number of nitrogens with zero attached hydrogens (tertiary/aromatic N) is 1. The molecular formula is C13H24N2O3. The molecule has 5 nitrogen and oxygen atoms in total. The van der Waals surface area contributed by atoms with Crippen molar-refractivity contribution in [3.63, 3.8) is 0 Å². The second-order valence-corrected chi connectivity index (χ2v) is 5.62. The average molecular weight is 256 g/mol. The zero-order valence-corrected chi connectivity index (χ0v) is 11.0. The van der Waals surface area contributed by atoms with Crippen molar-refractivity contribution in [2.45, 2.75) is 50.9 Å². The van der Waals surface area contributed by atoms with Crippen LogP contribution in [-0.2, 0) is 9.53 Å². The van der Waals surface area contributed by atoms with E-state index in [-0.39, 0.29) is 36.7 Å². The van der Waals surface area contributed by atoms with Crippen LogP contribution in [0.1, 0.15) is 32.6 Å². The van der Waals surface area contributed by atoms with Gasteiger partial charge in [-0.25, -0.2) is 0 Å². The highest BCUT2D eigenvalue weighted by Gasteiger charge is 2.33. The lowest BCUT2D eigenvalue weighted by atomic mass is 9.85. The van der Waals surface area contributed by atoms with Crippen LogP contribution in [0.25, 0.3) is 0 Å². The first-order chi connectivity index (χ1) is 8.60. The van der Waals surface area contributed by atoms with E-state index in [4.69, 9.17) is 10.5 Å². The molecule has 4 unspecified atom stereocenters. The molecule has 5 heteroatoms. The van der Waals surface area contributed by atoms with E-state index in [2.05, 4.69) is 0 Å². The fourth-order valence-electron chi connectivity index (χ4n) is 3.04. The van der Waals surface area contributed by atoms with E-state index in [0.717, 1.165) is 25.7 Å². The Morgan fingerprint density at radius 2 is 2.22 bits per heavy atom. The number of hydrogen-bond acceptors (Lipinski definition) is 4. The van der Waals surface area contributed by atoms with E-state index in [9.17, 15) is 9.90 Å². The van der Waals surface area contributed by atoms with Crippen LogP contribution in [0, 0.1) is 5.92 Å². The molecule has 1 saturated carbocycles. The molecule has 0 spiro atoms. The van der Waals surface area contributed by atoms with Crippen LogP contribution < -0.4 is 5.73 Å². The molecule has 0 bridgehead atoms. The molecule has 4 atom stereocenters. The molecule has 3 N–H and O–H groups in total. The van der Waals surface area contributed by atoms with Gasteiger partial charge in [0.15, 0.2) is 0 Å². The van der Waals surface area contributed by atoms with Crippen molar-refractivity contribution in [1.29, 1.82) is 0 Å². The monoisotopic (exact) mass is 256 g/mol. The SMILES string of the molecule is CC1CN(C(=O)C2CCCC(N)C2)CC(CO)O1. The van der Waals surface area contributed by atoms with Crippen LogP contribution in [0.15, 0.2) is 0 Å². The fraction of sp³-hybridized carbons (Fsp3) is 0.923. The van der Waals surface area contributed by atoms with Gasteiger partial charge < -0.3 is 20.5 Å². The van der Waals surface area contributed by atoms with Crippen molar-refractivity contribution in [1.82, 2.24) is 4.90 Å². The number of ether oxygens (including phenoxy) is 1. The van der Waals surface area contributed by atoms with Crippen molar-refractivity contribution < 1.29 is 14.6 Å². The van der Waals surface area contributed by atoms with E-state index in [0.29, 0.717) is 13.1 Å². The Balaban J connectivity index is 1.94. The second kappa shape index (κ2) is 5.99. The van der Waals surface area contributed by atoms with Crippen molar-refractivity contribution >= 4 is 5.91 Å². The number of aliphatic hydroxyl groups is 1. The van der Waals surface area contributed by atoms with Crippen LogP contribution in [0.4, 0.5) is 0 Å². The minimum atomic E-state index is -0.241. The molecule has 0 aromatic rings. The van der Waals surface area contributed by atoms with Gasteiger partial charge in [0.05, 0.1) is 18.8 Å². The third-order valence-corrected chi connectivity index (χ3v) is 3.91.